The molecule has 6 nitrogen and oxygen atoms in total. The van der Waals surface area contributed by atoms with E-state index in [-0.39, 0.29) is 11.8 Å². The van der Waals surface area contributed by atoms with E-state index in [1.165, 1.54) is 0 Å². The summed E-state index contributed by atoms with van der Waals surface area (Å²) >= 11 is 0. The van der Waals surface area contributed by atoms with Crippen LogP contribution in [-0.2, 0) is 17.9 Å². The highest BCUT2D eigenvalue weighted by Crippen LogP contribution is 2.24. The molecule has 0 saturated carbocycles. The van der Waals surface area contributed by atoms with Gasteiger partial charge in [-0.3, -0.25) is 9.78 Å². The Morgan fingerprint density at radius 1 is 1.07 bits per heavy atom. The van der Waals surface area contributed by atoms with E-state index in [1.807, 2.05) is 35.2 Å². The number of nitrogens with zero attached hydrogens (tertiary/aromatic N) is 4. The SMILES string of the molecule is O=C(C1CCN(c2cnccn2)CC1)N(Cc1ccccc1)Cc1ccco1. The van der Waals surface area contributed by atoms with Crippen LogP contribution in [0, 0.1) is 5.92 Å². The number of furan rings is 1. The second-order valence-corrected chi connectivity index (χ2v) is 7.08. The van der Waals surface area contributed by atoms with Crippen molar-refractivity contribution in [2.75, 3.05) is 18.0 Å². The molecule has 144 valence electrons. The van der Waals surface area contributed by atoms with Crippen LogP contribution in [0.4, 0.5) is 5.82 Å². The molecule has 1 aromatic carbocycles. The minimum atomic E-state index is 0.0200. The van der Waals surface area contributed by atoms with Gasteiger partial charge >= 0.3 is 0 Å². The number of aromatic nitrogens is 2. The number of anilines is 1. The fourth-order valence-electron chi connectivity index (χ4n) is 3.67. The Hall–Kier alpha value is -3.15. The maximum absolute atomic E-state index is 13.3. The van der Waals surface area contributed by atoms with Crippen LogP contribution in [0.5, 0.6) is 0 Å². The van der Waals surface area contributed by atoms with Gasteiger partial charge in [-0.25, -0.2) is 4.98 Å². The molecule has 1 amide bonds. The minimum absolute atomic E-state index is 0.0200. The number of rotatable bonds is 6. The summed E-state index contributed by atoms with van der Waals surface area (Å²) in [6.45, 7) is 2.71. The maximum Gasteiger partial charge on any atom is 0.226 e. The van der Waals surface area contributed by atoms with E-state index >= 15 is 0 Å². The first-order chi connectivity index (χ1) is 13.8. The monoisotopic (exact) mass is 376 g/mol. The number of benzene rings is 1. The summed E-state index contributed by atoms with van der Waals surface area (Å²) in [5.74, 6) is 1.90. The lowest BCUT2D eigenvalue weighted by atomic mass is 9.95. The number of piperidine rings is 1. The molecule has 0 aliphatic carbocycles. The van der Waals surface area contributed by atoms with E-state index in [9.17, 15) is 4.79 Å². The van der Waals surface area contributed by atoms with Gasteiger partial charge in [0, 0.05) is 37.9 Å². The summed E-state index contributed by atoms with van der Waals surface area (Å²) in [6.07, 6.45) is 8.45. The van der Waals surface area contributed by atoms with Crippen molar-refractivity contribution in [3.63, 3.8) is 0 Å². The van der Waals surface area contributed by atoms with Gasteiger partial charge < -0.3 is 14.2 Å². The fraction of sp³-hybridized carbons (Fsp3) is 0.318. The lowest BCUT2D eigenvalue weighted by Crippen LogP contribution is -2.42. The molecular weight excluding hydrogens is 352 g/mol. The van der Waals surface area contributed by atoms with Crippen molar-refractivity contribution in [2.45, 2.75) is 25.9 Å². The Balaban J connectivity index is 1.43. The largest absolute Gasteiger partial charge is 0.467 e. The number of amides is 1. The highest BCUT2D eigenvalue weighted by Gasteiger charge is 2.29. The van der Waals surface area contributed by atoms with Crippen LogP contribution in [0.25, 0.3) is 0 Å². The maximum atomic E-state index is 13.3. The van der Waals surface area contributed by atoms with Crippen LogP contribution in [0.2, 0.25) is 0 Å². The number of carbonyl (C=O) groups excluding carboxylic acids is 1. The second kappa shape index (κ2) is 8.69. The lowest BCUT2D eigenvalue weighted by molar-refractivity contribution is -0.137. The van der Waals surface area contributed by atoms with E-state index in [2.05, 4.69) is 27.0 Å². The predicted octanol–water partition coefficient (Wildman–Crippen LogP) is 3.52. The zero-order valence-electron chi connectivity index (χ0n) is 15.8. The molecule has 1 saturated heterocycles. The van der Waals surface area contributed by atoms with E-state index in [4.69, 9.17) is 4.42 Å². The normalized spacial score (nSPS) is 14.8. The number of carbonyl (C=O) groups is 1. The van der Waals surface area contributed by atoms with Crippen molar-refractivity contribution in [1.29, 1.82) is 0 Å². The highest BCUT2D eigenvalue weighted by atomic mass is 16.3. The van der Waals surface area contributed by atoms with Crippen molar-refractivity contribution in [2.24, 2.45) is 5.92 Å². The third-order valence-electron chi connectivity index (χ3n) is 5.17. The summed E-state index contributed by atoms with van der Waals surface area (Å²) in [5, 5.41) is 0. The van der Waals surface area contributed by atoms with Crippen LogP contribution in [0.3, 0.4) is 0 Å². The topological polar surface area (TPSA) is 62.5 Å². The van der Waals surface area contributed by atoms with Gasteiger partial charge in [0.05, 0.1) is 19.0 Å². The van der Waals surface area contributed by atoms with Crippen LogP contribution in [0.1, 0.15) is 24.2 Å². The quantitative estimate of drug-likeness (QED) is 0.659. The van der Waals surface area contributed by atoms with Crippen molar-refractivity contribution < 1.29 is 9.21 Å². The summed E-state index contributed by atoms with van der Waals surface area (Å²) < 4.78 is 5.50. The van der Waals surface area contributed by atoms with E-state index in [0.717, 1.165) is 43.1 Å². The third-order valence-corrected chi connectivity index (χ3v) is 5.17. The van der Waals surface area contributed by atoms with Gasteiger partial charge in [-0.1, -0.05) is 30.3 Å². The number of hydrogen-bond acceptors (Lipinski definition) is 5. The highest BCUT2D eigenvalue weighted by molar-refractivity contribution is 5.79. The second-order valence-electron chi connectivity index (χ2n) is 7.08. The van der Waals surface area contributed by atoms with Crippen molar-refractivity contribution in [3.8, 4) is 0 Å². The van der Waals surface area contributed by atoms with Crippen LogP contribution < -0.4 is 4.90 Å². The molecule has 3 aromatic rings. The van der Waals surface area contributed by atoms with Crippen molar-refractivity contribution in [3.05, 3.63) is 78.6 Å². The zero-order chi connectivity index (χ0) is 19.2. The summed E-state index contributed by atoms with van der Waals surface area (Å²) in [5.41, 5.74) is 1.12. The molecule has 0 unspecified atom stereocenters. The average molecular weight is 376 g/mol. The number of hydrogen-bond donors (Lipinski definition) is 0. The summed E-state index contributed by atoms with van der Waals surface area (Å²) in [6, 6.07) is 13.9. The van der Waals surface area contributed by atoms with Crippen molar-refractivity contribution >= 4 is 11.7 Å². The van der Waals surface area contributed by atoms with E-state index in [1.54, 1.807) is 24.9 Å². The molecule has 28 heavy (non-hydrogen) atoms. The third kappa shape index (κ3) is 4.39. The molecule has 1 fully saturated rings. The first-order valence-corrected chi connectivity index (χ1v) is 9.65. The van der Waals surface area contributed by atoms with Gasteiger partial charge in [0.25, 0.3) is 0 Å². The molecule has 0 bridgehead atoms. The predicted molar refractivity (Wildman–Crippen MR) is 106 cm³/mol. The Kier molecular flexibility index (Phi) is 5.66. The van der Waals surface area contributed by atoms with Gasteiger partial charge in [-0.2, -0.15) is 0 Å². The average Bonchev–Trinajstić information content (AvgIpc) is 3.27. The van der Waals surface area contributed by atoms with Crippen LogP contribution in [-0.4, -0.2) is 33.9 Å². The first kappa shape index (κ1) is 18.2. The Morgan fingerprint density at radius 2 is 1.89 bits per heavy atom. The lowest BCUT2D eigenvalue weighted by Gasteiger charge is -2.34. The van der Waals surface area contributed by atoms with Crippen molar-refractivity contribution in [1.82, 2.24) is 14.9 Å². The molecule has 0 spiro atoms. The van der Waals surface area contributed by atoms with Gasteiger partial charge in [-0.05, 0) is 30.5 Å². The fourth-order valence-corrected chi connectivity index (χ4v) is 3.67. The Labute approximate surface area is 164 Å². The molecular formula is C22H24N4O2. The Bertz CT molecular complexity index is 860. The van der Waals surface area contributed by atoms with Gasteiger partial charge in [0.15, 0.2) is 0 Å². The van der Waals surface area contributed by atoms with Gasteiger partial charge in [-0.15, -0.1) is 0 Å². The Morgan fingerprint density at radius 3 is 2.57 bits per heavy atom. The smallest absolute Gasteiger partial charge is 0.226 e. The first-order valence-electron chi connectivity index (χ1n) is 9.65. The molecule has 0 N–H and O–H groups in total. The molecule has 4 rings (SSSR count). The summed E-state index contributed by atoms with van der Waals surface area (Å²) in [4.78, 5) is 25.9. The molecule has 1 aliphatic rings. The molecule has 3 heterocycles. The van der Waals surface area contributed by atoms with E-state index < -0.39 is 0 Å². The molecule has 0 atom stereocenters. The zero-order valence-corrected chi connectivity index (χ0v) is 15.8. The standard InChI is InChI=1S/C22H24N4O2/c27-22(19-8-12-25(13-9-19)21-15-23-10-11-24-21)26(17-20-7-4-14-28-20)16-18-5-2-1-3-6-18/h1-7,10-11,14-15,19H,8-9,12-13,16-17H2. The van der Waals surface area contributed by atoms with E-state index in [0.29, 0.717) is 13.1 Å². The van der Waals surface area contributed by atoms with Crippen LogP contribution >= 0.6 is 0 Å². The molecule has 2 aromatic heterocycles. The minimum Gasteiger partial charge on any atom is -0.467 e. The van der Waals surface area contributed by atoms with Crippen LogP contribution in [0.15, 0.2) is 71.7 Å². The molecule has 1 aliphatic heterocycles. The van der Waals surface area contributed by atoms with Gasteiger partial charge in [0.2, 0.25) is 5.91 Å². The summed E-state index contributed by atoms with van der Waals surface area (Å²) in [7, 11) is 0. The van der Waals surface area contributed by atoms with Gasteiger partial charge in [0.1, 0.15) is 11.6 Å². The molecule has 6 heteroatoms. The molecule has 0 radical (unpaired) electrons.